The lowest BCUT2D eigenvalue weighted by Crippen LogP contribution is -2.33. The first-order valence-electron chi connectivity index (χ1n) is 12.7. The molecule has 0 unspecified atom stereocenters. The normalized spacial score (nSPS) is 29.0. The Morgan fingerprint density at radius 2 is 1.89 bits per heavy atom. The number of nitrogens with two attached hydrogens (primary N) is 1. The summed E-state index contributed by atoms with van der Waals surface area (Å²) >= 11 is 0. The van der Waals surface area contributed by atoms with E-state index in [1.165, 1.54) is 6.07 Å². The van der Waals surface area contributed by atoms with Gasteiger partial charge in [0.25, 0.3) is 5.91 Å². The number of aromatic hydroxyl groups is 1. The Balaban J connectivity index is 2.43. The van der Waals surface area contributed by atoms with Crippen LogP contribution in [0.2, 0.25) is 0 Å². The maximum absolute atomic E-state index is 12.7. The van der Waals surface area contributed by atoms with Crippen LogP contribution in [-0.4, -0.2) is 46.1 Å². The number of fused-ring (bicyclic) bond motifs is 2. The van der Waals surface area contributed by atoms with Crippen molar-refractivity contribution in [1.29, 1.82) is 0 Å². The average Bonchev–Trinajstić information content (AvgIpc) is 2.78. The number of amides is 2. The number of ether oxygens (including phenoxy) is 1. The fourth-order valence-electron chi connectivity index (χ4n) is 5.05. The number of rotatable bonds is 2. The van der Waals surface area contributed by atoms with Gasteiger partial charge >= 0.3 is 6.09 Å². The first-order valence-corrected chi connectivity index (χ1v) is 12.7. The highest BCUT2D eigenvalue weighted by molar-refractivity contribution is 6.03. The van der Waals surface area contributed by atoms with Gasteiger partial charge < -0.3 is 31.1 Å². The fraction of sp³-hybridized carbons (Fsp3) is 0.571. The third-order valence-corrected chi connectivity index (χ3v) is 6.95. The van der Waals surface area contributed by atoms with Crippen LogP contribution in [0.4, 0.5) is 10.5 Å². The van der Waals surface area contributed by atoms with E-state index in [0.717, 1.165) is 11.1 Å². The molecule has 0 aromatic heterocycles. The molecule has 0 saturated heterocycles. The molecule has 6 N–H and O–H groups in total. The van der Waals surface area contributed by atoms with Crippen molar-refractivity contribution in [2.45, 2.75) is 72.5 Å². The van der Waals surface area contributed by atoms with Gasteiger partial charge in [0.05, 0.1) is 6.10 Å². The Morgan fingerprint density at radius 3 is 2.53 bits per heavy atom. The number of anilines is 1. The number of phenols is 1. The van der Waals surface area contributed by atoms with Gasteiger partial charge in [-0.3, -0.25) is 4.79 Å². The molecular formula is C28H42N2O6. The van der Waals surface area contributed by atoms with Crippen molar-refractivity contribution in [3.8, 4) is 5.75 Å². The molecule has 2 amide bonds. The molecule has 8 heteroatoms. The summed E-state index contributed by atoms with van der Waals surface area (Å²) in [5.74, 6) is -0.853. The number of benzene rings is 1. The van der Waals surface area contributed by atoms with E-state index in [2.05, 4.69) is 5.32 Å². The summed E-state index contributed by atoms with van der Waals surface area (Å²) in [6.45, 7) is 9.25. The van der Waals surface area contributed by atoms with Gasteiger partial charge in [-0.25, -0.2) is 4.79 Å². The van der Waals surface area contributed by atoms with Crippen LogP contribution >= 0.6 is 0 Å². The van der Waals surface area contributed by atoms with Crippen molar-refractivity contribution < 1.29 is 29.6 Å². The molecule has 0 radical (unpaired) electrons. The SMILES string of the molecule is CC1=CCC[C@H](C)[C@@H](OC(N)=O)C(C)=C[C@H](C)[C@@H](O)[C@@H](CO)C[C@H](C)Cc2cc(O)cc(c2)NC1=O. The van der Waals surface area contributed by atoms with Gasteiger partial charge in [0.2, 0.25) is 0 Å². The third kappa shape index (κ3) is 8.68. The number of allylic oxidation sites excluding steroid dienone is 1. The van der Waals surface area contributed by atoms with Crippen LogP contribution < -0.4 is 11.1 Å². The Bertz CT molecular complexity index is 973. The third-order valence-electron chi connectivity index (χ3n) is 6.95. The molecule has 36 heavy (non-hydrogen) atoms. The Labute approximate surface area is 214 Å². The lowest BCUT2D eigenvalue weighted by atomic mass is 9.82. The fourth-order valence-corrected chi connectivity index (χ4v) is 5.05. The minimum Gasteiger partial charge on any atom is -0.508 e. The highest BCUT2D eigenvalue weighted by Gasteiger charge is 2.28. The van der Waals surface area contributed by atoms with Crippen molar-refractivity contribution in [3.63, 3.8) is 0 Å². The number of carbonyl (C=O) groups is 2. The van der Waals surface area contributed by atoms with Crippen LogP contribution in [0.3, 0.4) is 0 Å². The van der Waals surface area contributed by atoms with E-state index >= 15 is 0 Å². The van der Waals surface area contributed by atoms with Gasteiger partial charge in [-0.1, -0.05) is 32.9 Å². The minimum absolute atomic E-state index is 0.0600. The monoisotopic (exact) mass is 502 g/mol. The Hall–Kier alpha value is -2.84. The zero-order chi connectivity index (χ0) is 27.0. The zero-order valence-electron chi connectivity index (χ0n) is 22.0. The maximum atomic E-state index is 12.7. The predicted molar refractivity (Wildman–Crippen MR) is 140 cm³/mol. The quantitative estimate of drug-likeness (QED) is 0.382. The second-order valence-corrected chi connectivity index (χ2v) is 10.4. The standard InChI is InChI=1S/C28H42N2O6/c1-16-9-21-12-23(14-24(32)13-21)30-27(34)18(3)8-6-7-17(2)26(36-28(29)35)20(5)11-19(4)25(33)22(10-16)15-31/h8,11-14,16-17,19,22,25-26,31-33H,6-7,9-10,15H2,1-5H3,(H2,29,35)(H,30,34)/t16-,17+,19+,22-,25-,26-/m1/s1. The molecule has 0 saturated carbocycles. The minimum atomic E-state index is -0.871. The van der Waals surface area contributed by atoms with Gasteiger partial charge in [0.1, 0.15) is 11.9 Å². The molecule has 0 aliphatic carbocycles. The van der Waals surface area contributed by atoms with Gasteiger partial charge in [-0.05, 0) is 74.6 Å². The van der Waals surface area contributed by atoms with Crippen LogP contribution in [0.1, 0.15) is 59.4 Å². The second kappa shape index (κ2) is 13.5. The maximum Gasteiger partial charge on any atom is 0.405 e. The van der Waals surface area contributed by atoms with Gasteiger partial charge in [0, 0.05) is 35.8 Å². The molecule has 200 valence electrons. The van der Waals surface area contributed by atoms with E-state index in [1.807, 2.05) is 45.9 Å². The molecular weight excluding hydrogens is 460 g/mol. The van der Waals surface area contributed by atoms with Crippen molar-refractivity contribution in [2.75, 3.05) is 11.9 Å². The van der Waals surface area contributed by atoms with Crippen molar-refractivity contribution in [3.05, 3.63) is 47.1 Å². The lowest BCUT2D eigenvalue weighted by Gasteiger charge is -2.29. The molecule has 0 fully saturated rings. The molecule has 1 aliphatic rings. The molecule has 0 spiro atoms. The largest absolute Gasteiger partial charge is 0.508 e. The first kappa shape index (κ1) is 29.4. The molecule has 1 heterocycles. The Morgan fingerprint density at radius 1 is 1.19 bits per heavy atom. The van der Waals surface area contributed by atoms with E-state index < -0.39 is 18.3 Å². The van der Waals surface area contributed by atoms with Crippen LogP contribution in [0, 0.1) is 23.7 Å². The lowest BCUT2D eigenvalue weighted by molar-refractivity contribution is -0.112. The number of nitrogens with one attached hydrogen (secondary N) is 1. The van der Waals surface area contributed by atoms with Gasteiger partial charge in [-0.15, -0.1) is 0 Å². The van der Waals surface area contributed by atoms with E-state index in [0.29, 0.717) is 36.9 Å². The number of primary amides is 1. The van der Waals surface area contributed by atoms with Crippen molar-refractivity contribution >= 4 is 17.7 Å². The first-order chi connectivity index (χ1) is 16.9. The second-order valence-electron chi connectivity index (χ2n) is 10.4. The molecule has 8 nitrogen and oxygen atoms in total. The molecule has 6 atom stereocenters. The van der Waals surface area contributed by atoms with Crippen LogP contribution in [0.15, 0.2) is 41.5 Å². The highest BCUT2D eigenvalue weighted by atomic mass is 16.6. The zero-order valence-corrected chi connectivity index (χ0v) is 22.0. The number of phenolic OH excluding ortho intramolecular Hbond substituents is 1. The van der Waals surface area contributed by atoms with Crippen molar-refractivity contribution in [2.24, 2.45) is 29.4 Å². The van der Waals surface area contributed by atoms with Gasteiger partial charge in [-0.2, -0.15) is 0 Å². The summed E-state index contributed by atoms with van der Waals surface area (Å²) in [5.41, 5.74) is 8.02. The number of aliphatic hydroxyl groups is 2. The summed E-state index contributed by atoms with van der Waals surface area (Å²) < 4.78 is 5.43. The Kier molecular flexibility index (Phi) is 11.0. The summed E-state index contributed by atoms with van der Waals surface area (Å²) in [7, 11) is 0. The highest BCUT2D eigenvalue weighted by Crippen LogP contribution is 2.29. The smallest absolute Gasteiger partial charge is 0.405 e. The van der Waals surface area contributed by atoms with E-state index in [4.69, 9.17) is 10.5 Å². The molecule has 1 aliphatic heterocycles. The van der Waals surface area contributed by atoms with E-state index in [1.54, 1.807) is 13.0 Å². The molecule has 2 rings (SSSR count). The summed E-state index contributed by atoms with van der Waals surface area (Å²) in [4.78, 5) is 24.3. The summed E-state index contributed by atoms with van der Waals surface area (Å²) in [6, 6.07) is 5.01. The number of aliphatic hydroxyl groups excluding tert-OH is 2. The summed E-state index contributed by atoms with van der Waals surface area (Å²) in [5, 5.41) is 34.1. The topological polar surface area (TPSA) is 142 Å². The number of hydrogen-bond donors (Lipinski definition) is 5. The van der Waals surface area contributed by atoms with E-state index in [-0.39, 0.29) is 41.9 Å². The van der Waals surface area contributed by atoms with Crippen LogP contribution in [0.25, 0.3) is 0 Å². The van der Waals surface area contributed by atoms with Crippen LogP contribution in [0.5, 0.6) is 5.75 Å². The average molecular weight is 503 g/mol. The van der Waals surface area contributed by atoms with E-state index in [9.17, 15) is 24.9 Å². The number of carbonyl (C=O) groups excluding carboxylic acids is 2. The summed E-state index contributed by atoms with van der Waals surface area (Å²) in [6.07, 6.45) is 3.86. The molecule has 1 aromatic carbocycles. The molecule has 2 bridgehead atoms. The van der Waals surface area contributed by atoms with Crippen LogP contribution in [-0.2, 0) is 16.0 Å². The number of hydrogen-bond acceptors (Lipinski definition) is 6. The van der Waals surface area contributed by atoms with Crippen molar-refractivity contribution in [1.82, 2.24) is 0 Å². The van der Waals surface area contributed by atoms with Gasteiger partial charge in [0.15, 0.2) is 0 Å². The molecule has 1 aromatic rings. The predicted octanol–water partition coefficient (Wildman–Crippen LogP) is 4.29.